The summed E-state index contributed by atoms with van der Waals surface area (Å²) in [4.78, 5) is 24.2. The molecule has 154 valence electrons. The van der Waals surface area contributed by atoms with Gasteiger partial charge in [-0.25, -0.2) is 12.8 Å². The second-order valence-corrected chi connectivity index (χ2v) is 9.49. The summed E-state index contributed by atoms with van der Waals surface area (Å²) in [5.74, 6) is -2.18. The number of nitrogens with zero attached hydrogens (tertiary/aromatic N) is 1. The van der Waals surface area contributed by atoms with Crippen LogP contribution in [0.5, 0.6) is 0 Å². The Bertz CT molecular complexity index is 1100. The highest BCUT2D eigenvalue weighted by Gasteiger charge is 2.28. The predicted molar refractivity (Wildman–Crippen MR) is 110 cm³/mol. The minimum atomic E-state index is -3.71. The number of benzene rings is 2. The van der Waals surface area contributed by atoms with E-state index in [4.69, 9.17) is 5.73 Å². The number of primary amides is 1. The van der Waals surface area contributed by atoms with Crippen molar-refractivity contribution in [2.75, 3.05) is 18.4 Å². The van der Waals surface area contributed by atoms with Crippen molar-refractivity contribution in [1.29, 1.82) is 0 Å². The van der Waals surface area contributed by atoms with Crippen LogP contribution in [0.2, 0.25) is 0 Å². The van der Waals surface area contributed by atoms with Gasteiger partial charge in [0.2, 0.25) is 15.9 Å². The Balaban J connectivity index is 1.95. The maximum Gasteiger partial charge on any atom is 0.256 e. The third kappa shape index (κ3) is 4.34. The molecule has 0 atom stereocenters. The molecule has 29 heavy (non-hydrogen) atoms. The van der Waals surface area contributed by atoms with Crippen LogP contribution in [-0.4, -0.2) is 37.6 Å². The van der Waals surface area contributed by atoms with E-state index in [-0.39, 0.29) is 27.3 Å². The van der Waals surface area contributed by atoms with Gasteiger partial charge < -0.3 is 11.1 Å². The highest BCUT2D eigenvalue weighted by molar-refractivity contribution is 9.10. The summed E-state index contributed by atoms with van der Waals surface area (Å²) in [7, 11) is -3.71. The Kier molecular flexibility index (Phi) is 6.06. The van der Waals surface area contributed by atoms with Gasteiger partial charge in [-0.2, -0.15) is 4.31 Å². The van der Waals surface area contributed by atoms with E-state index < -0.39 is 27.7 Å². The Morgan fingerprint density at radius 1 is 1.17 bits per heavy atom. The second-order valence-electron chi connectivity index (χ2n) is 6.70. The van der Waals surface area contributed by atoms with E-state index in [1.165, 1.54) is 35.5 Å². The highest BCUT2D eigenvalue weighted by Crippen LogP contribution is 2.27. The summed E-state index contributed by atoms with van der Waals surface area (Å²) in [6, 6.07) is 6.44. The van der Waals surface area contributed by atoms with E-state index in [0.717, 1.165) is 18.9 Å². The van der Waals surface area contributed by atoms with Gasteiger partial charge in [0.25, 0.3) is 5.91 Å². The molecule has 2 amide bonds. The second kappa shape index (κ2) is 8.21. The predicted octanol–water partition coefficient (Wildman–Crippen LogP) is 3.03. The van der Waals surface area contributed by atoms with Crippen LogP contribution in [0, 0.1) is 12.7 Å². The molecule has 1 aliphatic heterocycles. The molecule has 0 bridgehead atoms. The van der Waals surface area contributed by atoms with E-state index in [1.807, 2.05) is 0 Å². The number of carbonyl (C=O) groups excluding carboxylic acids is 2. The number of hydrogen-bond acceptors (Lipinski definition) is 4. The smallest absolute Gasteiger partial charge is 0.256 e. The van der Waals surface area contributed by atoms with Crippen LogP contribution in [0.1, 0.15) is 39.1 Å². The molecule has 0 unspecified atom stereocenters. The molecule has 1 fully saturated rings. The fourth-order valence-electron chi connectivity index (χ4n) is 3.06. The monoisotopic (exact) mass is 483 g/mol. The van der Waals surface area contributed by atoms with Crippen molar-refractivity contribution in [1.82, 2.24) is 4.31 Å². The zero-order valence-corrected chi connectivity index (χ0v) is 17.9. The topological polar surface area (TPSA) is 110 Å². The fraction of sp³-hybridized carbons (Fsp3) is 0.263. The maximum atomic E-state index is 14.1. The lowest BCUT2D eigenvalue weighted by Gasteiger charge is -2.17. The third-order valence-corrected chi connectivity index (χ3v) is 7.35. The molecule has 7 nitrogen and oxygen atoms in total. The molecule has 2 aromatic rings. The van der Waals surface area contributed by atoms with E-state index >= 15 is 0 Å². The standard InChI is InChI=1S/C19H19BrFN3O4S/c1-11-16(21)8-12(18(22)25)9-17(11)23-19(26)14-10-13(4-5-15(14)20)29(27,28)24-6-2-3-7-24/h4-5,8-10H,2-3,6-7H2,1H3,(H2,22,25)(H,23,26). The molecule has 1 heterocycles. The summed E-state index contributed by atoms with van der Waals surface area (Å²) in [6.07, 6.45) is 1.59. The number of hydrogen-bond donors (Lipinski definition) is 2. The summed E-state index contributed by atoms with van der Waals surface area (Å²) in [6.45, 7) is 2.33. The summed E-state index contributed by atoms with van der Waals surface area (Å²) < 4.78 is 41.4. The lowest BCUT2D eigenvalue weighted by Crippen LogP contribution is -2.28. The van der Waals surface area contributed by atoms with Crippen LogP contribution in [0.15, 0.2) is 39.7 Å². The molecule has 1 saturated heterocycles. The van der Waals surface area contributed by atoms with Crippen molar-refractivity contribution in [2.45, 2.75) is 24.7 Å². The molecule has 10 heteroatoms. The lowest BCUT2D eigenvalue weighted by molar-refractivity contribution is 0.0995. The van der Waals surface area contributed by atoms with Crippen LogP contribution in [-0.2, 0) is 10.0 Å². The molecule has 1 aliphatic rings. The summed E-state index contributed by atoms with van der Waals surface area (Å²) >= 11 is 3.25. The molecule has 0 aliphatic carbocycles. The first kappa shape index (κ1) is 21.4. The van der Waals surface area contributed by atoms with Crippen LogP contribution >= 0.6 is 15.9 Å². The van der Waals surface area contributed by atoms with Gasteiger partial charge in [0.1, 0.15) is 5.82 Å². The molecular formula is C19H19BrFN3O4S. The van der Waals surface area contributed by atoms with Crippen LogP contribution in [0.25, 0.3) is 0 Å². The van der Waals surface area contributed by atoms with Gasteiger partial charge in [0, 0.05) is 34.4 Å². The molecule has 0 aromatic heterocycles. The number of carbonyl (C=O) groups is 2. The van der Waals surface area contributed by atoms with Crippen LogP contribution in [0.3, 0.4) is 0 Å². The van der Waals surface area contributed by atoms with E-state index in [9.17, 15) is 22.4 Å². The molecule has 0 radical (unpaired) electrons. The fourth-order valence-corrected chi connectivity index (χ4v) is 5.03. The average Bonchev–Trinajstić information content (AvgIpc) is 3.20. The van der Waals surface area contributed by atoms with Gasteiger partial charge >= 0.3 is 0 Å². The number of nitrogens with two attached hydrogens (primary N) is 1. The Hall–Kier alpha value is -2.30. The molecule has 3 rings (SSSR count). The number of amides is 2. The van der Waals surface area contributed by atoms with Gasteiger partial charge in [-0.15, -0.1) is 0 Å². The van der Waals surface area contributed by atoms with Crippen molar-refractivity contribution in [3.05, 3.63) is 57.3 Å². The normalized spacial score (nSPS) is 14.7. The zero-order chi connectivity index (χ0) is 21.3. The quantitative estimate of drug-likeness (QED) is 0.680. The van der Waals surface area contributed by atoms with Crippen molar-refractivity contribution in [2.24, 2.45) is 5.73 Å². The Morgan fingerprint density at radius 3 is 2.45 bits per heavy atom. The molecule has 3 N–H and O–H groups in total. The maximum absolute atomic E-state index is 14.1. The van der Waals surface area contributed by atoms with E-state index in [1.54, 1.807) is 0 Å². The van der Waals surface area contributed by atoms with Crippen LogP contribution in [0.4, 0.5) is 10.1 Å². The Labute approximate surface area is 176 Å². The van der Waals surface area contributed by atoms with Crippen molar-refractivity contribution < 1.29 is 22.4 Å². The minimum absolute atomic E-state index is 0.00143. The largest absolute Gasteiger partial charge is 0.366 e. The van der Waals surface area contributed by atoms with Gasteiger partial charge in [0.15, 0.2) is 0 Å². The molecule has 0 saturated carbocycles. The number of rotatable bonds is 5. The van der Waals surface area contributed by atoms with Crippen LogP contribution < -0.4 is 11.1 Å². The Morgan fingerprint density at radius 2 is 1.83 bits per heavy atom. The van der Waals surface area contributed by atoms with E-state index in [0.29, 0.717) is 17.6 Å². The SMILES string of the molecule is Cc1c(F)cc(C(N)=O)cc1NC(=O)c1cc(S(=O)(=O)N2CCCC2)ccc1Br. The van der Waals surface area contributed by atoms with Crippen molar-refractivity contribution >= 4 is 43.5 Å². The molecule has 0 spiro atoms. The first-order valence-corrected chi connectivity index (χ1v) is 11.1. The highest BCUT2D eigenvalue weighted by atomic mass is 79.9. The van der Waals surface area contributed by atoms with Gasteiger partial charge in [-0.05, 0) is 66.0 Å². The van der Waals surface area contributed by atoms with Gasteiger partial charge in [0.05, 0.1) is 10.5 Å². The number of sulfonamides is 1. The molecular weight excluding hydrogens is 465 g/mol. The average molecular weight is 484 g/mol. The van der Waals surface area contributed by atoms with Gasteiger partial charge in [-0.1, -0.05) is 0 Å². The summed E-state index contributed by atoms with van der Waals surface area (Å²) in [5.41, 5.74) is 5.37. The first-order valence-electron chi connectivity index (χ1n) is 8.82. The number of anilines is 1. The van der Waals surface area contributed by atoms with E-state index in [2.05, 4.69) is 21.2 Å². The summed E-state index contributed by atoms with van der Waals surface area (Å²) in [5, 5.41) is 2.53. The first-order chi connectivity index (χ1) is 13.6. The third-order valence-electron chi connectivity index (χ3n) is 4.76. The van der Waals surface area contributed by atoms with Gasteiger partial charge in [-0.3, -0.25) is 9.59 Å². The number of nitrogens with one attached hydrogen (secondary N) is 1. The number of halogens is 2. The lowest BCUT2D eigenvalue weighted by atomic mass is 10.1. The zero-order valence-electron chi connectivity index (χ0n) is 15.5. The van der Waals surface area contributed by atoms with Crippen molar-refractivity contribution in [3.8, 4) is 0 Å². The minimum Gasteiger partial charge on any atom is -0.366 e. The van der Waals surface area contributed by atoms with Crippen molar-refractivity contribution in [3.63, 3.8) is 0 Å². The molecule has 2 aromatic carbocycles.